The molecule has 0 radical (unpaired) electrons. The first-order valence-corrected chi connectivity index (χ1v) is 12.6. The molecule has 2 heterocycles. The summed E-state index contributed by atoms with van der Waals surface area (Å²) >= 11 is 6.05. The molecular formula is C28H29ClF3N3O2. The van der Waals surface area contributed by atoms with Crippen LogP contribution in [-0.2, 0) is 11.2 Å². The zero-order valence-electron chi connectivity index (χ0n) is 20.3. The third-order valence-corrected chi connectivity index (χ3v) is 6.71. The predicted octanol–water partition coefficient (Wildman–Crippen LogP) is 5.84. The van der Waals surface area contributed by atoms with Crippen molar-refractivity contribution >= 4 is 17.5 Å². The SMILES string of the molecule is O=C(NC(c1ccc(Cl)cc1)c1ccccn1)C1CCN(CCOc2ccccc2CC(F)(F)F)CC1. The fraction of sp³-hybridized carbons (Fsp3) is 0.357. The fourth-order valence-electron chi connectivity index (χ4n) is 4.50. The minimum Gasteiger partial charge on any atom is -0.492 e. The van der Waals surface area contributed by atoms with Crippen LogP contribution in [0, 0.1) is 5.92 Å². The van der Waals surface area contributed by atoms with Gasteiger partial charge in [0.25, 0.3) is 0 Å². The van der Waals surface area contributed by atoms with Gasteiger partial charge in [-0.3, -0.25) is 14.7 Å². The molecule has 0 aliphatic carbocycles. The van der Waals surface area contributed by atoms with E-state index < -0.39 is 12.6 Å². The largest absolute Gasteiger partial charge is 0.492 e. The summed E-state index contributed by atoms with van der Waals surface area (Å²) in [6, 6.07) is 18.8. The minimum absolute atomic E-state index is 0.0254. The lowest BCUT2D eigenvalue weighted by Gasteiger charge is -2.32. The number of nitrogens with zero attached hydrogens (tertiary/aromatic N) is 2. The first kappa shape index (κ1) is 26.9. The minimum atomic E-state index is -4.29. The zero-order chi connectivity index (χ0) is 26.3. The topological polar surface area (TPSA) is 54.5 Å². The molecule has 1 amide bonds. The van der Waals surface area contributed by atoms with Gasteiger partial charge < -0.3 is 10.1 Å². The van der Waals surface area contributed by atoms with Crippen molar-refractivity contribution in [2.45, 2.75) is 31.5 Å². The van der Waals surface area contributed by atoms with Gasteiger partial charge in [-0.05, 0) is 61.8 Å². The summed E-state index contributed by atoms with van der Waals surface area (Å²) in [6.45, 7) is 2.28. The number of pyridine rings is 1. The Kier molecular flexibility index (Phi) is 9.05. The van der Waals surface area contributed by atoms with Gasteiger partial charge in [0.05, 0.1) is 18.2 Å². The lowest BCUT2D eigenvalue weighted by Crippen LogP contribution is -2.43. The van der Waals surface area contributed by atoms with E-state index >= 15 is 0 Å². The van der Waals surface area contributed by atoms with Crippen molar-refractivity contribution in [1.29, 1.82) is 0 Å². The lowest BCUT2D eigenvalue weighted by atomic mass is 9.94. The average molecular weight is 532 g/mol. The number of alkyl halides is 3. The molecule has 5 nitrogen and oxygen atoms in total. The summed E-state index contributed by atoms with van der Waals surface area (Å²) in [5, 5.41) is 3.78. The second-order valence-corrected chi connectivity index (χ2v) is 9.55. The van der Waals surface area contributed by atoms with E-state index in [1.807, 2.05) is 30.3 Å². The number of rotatable bonds is 9. The van der Waals surface area contributed by atoms with E-state index in [0.717, 1.165) is 11.3 Å². The molecule has 1 aliphatic heterocycles. The number of carbonyl (C=O) groups is 1. The number of carbonyl (C=O) groups excluding carboxylic acids is 1. The Hall–Kier alpha value is -3.10. The van der Waals surface area contributed by atoms with Crippen LogP contribution in [0.15, 0.2) is 72.9 Å². The molecule has 37 heavy (non-hydrogen) atoms. The molecular weight excluding hydrogens is 503 g/mol. The number of aromatic nitrogens is 1. The molecule has 196 valence electrons. The Morgan fingerprint density at radius 1 is 1.05 bits per heavy atom. The van der Waals surface area contributed by atoms with Crippen molar-refractivity contribution in [2.75, 3.05) is 26.2 Å². The van der Waals surface area contributed by atoms with Gasteiger partial charge in [-0.2, -0.15) is 13.2 Å². The van der Waals surface area contributed by atoms with E-state index in [2.05, 4.69) is 15.2 Å². The Morgan fingerprint density at radius 2 is 1.76 bits per heavy atom. The molecule has 1 atom stereocenters. The van der Waals surface area contributed by atoms with Crippen LogP contribution in [0.5, 0.6) is 5.75 Å². The van der Waals surface area contributed by atoms with Gasteiger partial charge in [0.1, 0.15) is 12.4 Å². The number of para-hydroxylation sites is 1. The summed E-state index contributed by atoms with van der Waals surface area (Å²) in [4.78, 5) is 19.8. The Bertz CT molecular complexity index is 1150. The summed E-state index contributed by atoms with van der Waals surface area (Å²) in [5.74, 6) is 0.0997. The summed E-state index contributed by atoms with van der Waals surface area (Å²) < 4.78 is 44.1. The van der Waals surface area contributed by atoms with E-state index in [0.29, 0.717) is 37.5 Å². The number of hydrogen-bond donors (Lipinski definition) is 1. The van der Waals surface area contributed by atoms with Crippen LogP contribution in [0.1, 0.15) is 35.7 Å². The normalized spacial score (nSPS) is 15.8. The lowest BCUT2D eigenvalue weighted by molar-refractivity contribution is -0.128. The number of amides is 1. The maximum atomic E-state index is 13.2. The zero-order valence-corrected chi connectivity index (χ0v) is 21.0. The predicted molar refractivity (Wildman–Crippen MR) is 137 cm³/mol. The molecule has 1 aliphatic rings. The second kappa shape index (κ2) is 12.4. The summed E-state index contributed by atoms with van der Waals surface area (Å²) in [7, 11) is 0. The Labute approximate surface area is 219 Å². The number of nitrogens with one attached hydrogen (secondary N) is 1. The third-order valence-electron chi connectivity index (χ3n) is 6.46. The fourth-order valence-corrected chi connectivity index (χ4v) is 4.63. The molecule has 1 unspecified atom stereocenters. The van der Waals surface area contributed by atoms with E-state index in [1.54, 1.807) is 36.5 Å². The van der Waals surface area contributed by atoms with Gasteiger partial charge in [0.2, 0.25) is 5.91 Å². The highest BCUT2D eigenvalue weighted by atomic mass is 35.5. The van der Waals surface area contributed by atoms with Gasteiger partial charge in [-0.15, -0.1) is 0 Å². The highest BCUT2D eigenvalue weighted by molar-refractivity contribution is 6.30. The highest BCUT2D eigenvalue weighted by Crippen LogP contribution is 2.28. The molecule has 1 fully saturated rings. The quantitative estimate of drug-likeness (QED) is 0.377. The van der Waals surface area contributed by atoms with Gasteiger partial charge >= 0.3 is 6.18 Å². The third kappa shape index (κ3) is 7.94. The van der Waals surface area contributed by atoms with Crippen LogP contribution in [0.2, 0.25) is 5.02 Å². The smallest absolute Gasteiger partial charge is 0.393 e. The molecule has 1 aromatic heterocycles. The van der Waals surface area contributed by atoms with Crippen LogP contribution in [0.3, 0.4) is 0 Å². The number of benzene rings is 2. The van der Waals surface area contributed by atoms with E-state index in [4.69, 9.17) is 16.3 Å². The maximum Gasteiger partial charge on any atom is 0.393 e. The molecule has 0 saturated carbocycles. The van der Waals surface area contributed by atoms with Crippen molar-refractivity contribution in [3.05, 3.63) is 94.8 Å². The Balaban J connectivity index is 1.28. The highest BCUT2D eigenvalue weighted by Gasteiger charge is 2.30. The molecule has 1 N–H and O–H groups in total. The number of halogens is 4. The van der Waals surface area contributed by atoms with E-state index in [1.165, 1.54) is 6.07 Å². The number of piperidine rings is 1. The number of ether oxygens (including phenoxy) is 1. The monoisotopic (exact) mass is 531 g/mol. The van der Waals surface area contributed by atoms with Crippen LogP contribution >= 0.6 is 11.6 Å². The first-order chi connectivity index (χ1) is 17.8. The van der Waals surface area contributed by atoms with Crippen molar-refractivity contribution < 1.29 is 22.7 Å². The average Bonchev–Trinajstić information content (AvgIpc) is 2.89. The summed E-state index contributed by atoms with van der Waals surface area (Å²) in [5.41, 5.74) is 1.78. The number of hydrogen-bond acceptors (Lipinski definition) is 4. The van der Waals surface area contributed by atoms with Gasteiger partial charge in [-0.25, -0.2) is 0 Å². The van der Waals surface area contributed by atoms with Crippen LogP contribution in [0.25, 0.3) is 0 Å². The molecule has 0 bridgehead atoms. The van der Waals surface area contributed by atoms with Crippen molar-refractivity contribution in [2.24, 2.45) is 5.92 Å². The van der Waals surface area contributed by atoms with Gasteiger partial charge in [0, 0.05) is 29.2 Å². The number of likely N-dealkylation sites (tertiary alicyclic amines) is 1. The molecule has 0 spiro atoms. The second-order valence-electron chi connectivity index (χ2n) is 9.11. The van der Waals surface area contributed by atoms with Crippen molar-refractivity contribution in [1.82, 2.24) is 15.2 Å². The standard InChI is InChI=1S/C28H29ClF3N3O2/c29-23-10-8-20(9-11-23)26(24-6-3-4-14-33-24)34-27(36)21-12-15-35(16-13-21)17-18-37-25-7-2-1-5-22(25)19-28(30,31)32/h1-11,14,21,26H,12-13,15-19H2,(H,34,36). The van der Waals surface area contributed by atoms with Crippen molar-refractivity contribution in [3.63, 3.8) is 0 Å². The molecule has 2 aromatic carbocycles. The molecule has 4 rings (SSSR count). The maximum absolute atomic E-state index is 13.2. The van der Waals surface area contributed by atoms with E-state index in [-0.39, 0.29) is 35.8 Å². The summed E-state index contributed by atoms with van der Waals surface area (Å²) in [6.07, 6.45) is -2.23. The molecule has 1 saturated heterocycles. The van der Waals surface area contributed by atoms with Gasteiger partial charge in [-0.1, -0.05) is 48.0 Å². The van der Waals surface area contributed by atoms with Crippen LogP contribution < -0.4 is 10.1 Å². The first-order valence-electron chi connectivity index (χ1n) is 12.2. The Morgan fingerprint density at radius 3 is 2.43 bits per heavy atom. The van der Waals surface area contributed by atoms with Crippen LogP contribution in [-0.4, -0.2) is 48.2 Å². The molecule has 3 aromatic rings. The van der Waals surface area contributed by atoms with E-state index in [9.17, 15) is 18.0 Å². The van der Waals surface area contributed by atoms with Crippen molar-refractivity contribution in [3.8, 4) is 5.75 Å². The van der Waals surface area contributed by atoms with Crippen LogP contribution in [0.4, 0.5) is 13.2 Å². The molecule has 9 heteroatoms. The van der Waals surface area contributed by atoms with Gasteiger partial charge in [0.15, 0.2) is 0 Å².